The summed E-state index contributed by atoms with van der Waals surface area (Å²) < 4.78 is 24.1. The van der Waals surface area contributed by atoms with Gasteiger partial charge in [0.15, 0.2) is 0 Å². The average Bonchev–Trinajstić information content (AvgIpc) is 2.28. The molecule has 0 spiro atoms. The van der Waals surface area contributed by atoms with E-state index in [0.717, 1.165) is 0 Å². The third-order valence-electron chi connectivity index (χ3n) is 1.99. The van der Waals surface area contributed by atoms with Gasteiger partial charge in [-0.1, -0.05) is 4.47 Å². The number of carbonyl (C=O) groups is 1. The highest BCUT2D eigenvalue weighted by atomic mass is 32.2. The molecule has 0 aliphatic rings. The average molecular weight is 245 g/mol. The highest BCUT2D eigenvalue weighted by Gasteiger charge is 2.20. The smallest absolute Gasteiger partial charge is 0.335 e. The minimum Gasteiger partial charge on any atom is -0.478 e. The van der Waals surface area contributed by atoms with E-state index in [4.69, 9.17) is 5.11 Å². The lowest BCUT2D eigenvalue weighted by Crippen LogP contribution is -2.25. The van der Waals surface area contributed by atoms with Crippen molar-refractivity contribution < 1.29 is 23.2 Å². The van der Waals surface area contributed by atoms with Crippen molar-refractivity contribution in [2.45, 2.75) is 4.90 Å². The molecule has 0 fully saturated rings. The number of nitrogens with zero attached hydrogens (tertiary/aromatic N) is 1. The lowest BCUT2D eigenvalue weighted by atomic mass is 10.2. The number of aromatic carboxylic acids is 1. The second-order valence-electron chi connectivity index (χ2n) is 2.93. The van der Waals surface area contributed by atoms with Gasteiger partial charge in [-0.25, -0.2) is 13.2 Å². The second kappa shape index (κ2) is 4.60. The molecule has 0 aliphatic heterocycles. The molecular formula is C9H11NO5S. The zero-order valence-electron chi connectivity index (χ0n) is 8.75. The first-order valence-corrected chi connectivity index (χ1v) is 5.70. The van der Waals surface area contributed by atoms with Crippen molar-refractivity contribution in [3.8, 4) is 0 Å². The van der Waals surface area contributed by atoms with Crippen LogP contribution in [-0.4, -0.2) is 38.1 Å². The Morgan fingerprint density at radius 1 is 1.31 bits per heavy atom. The van der Waals surface area contributed by atoms with Crippen LogP contribution in [0.1, 0.15) is 10.4 Å². The maximum absolute atomic E-state index is 11.7. The molecule has 6 nitrogen and oxygen atoms in total. The van der Waals surface area contributed by atoms with E-state index in [9.17, 15) is 13.2 Å². The van der Waals surface area contributed by atoms with Gasteiger partial charge in [-0.15, -0.1) is 0 Å². The van der Waals surface area contributed by atoms with Gasteiger partial charge in [0, 0.05) is 7.05 Å². The van der Waals surface area contributed by atoms with Gasteiger partial charge in [0.05, 0.1) is 17.6 Å². The zero-order valence-corrected chi connectivity index (χ0v) is 9.56. The predicted molar refractivity (Wildman–Crippen MR) is 55.4 cm³/mol. The second-order valence-corrected chi connectivity index (χ2v) is 4.86. The van der Waals surface area contributed by atoms with Crippen LogP contribution in [0.25, 0.3) is 0 Å². The number of hydroxylamine groups is 1. The molecule has 1 aromatic carbocycles. The molecule has 0 saturated heterocycles. The van der Waals surface area contributed by atoms with E-state index in [1.165, 1.54) is 38.4 Å². The van der Waals surface area contributed by atoms with Crippen molar-refractivity contribution in [1.82, 2.24) is 4.47 Å². The van der Waals surface area contributed by atoms with E-state index in [2.05, 4.69) is 4.84 Å². The van der Waals surface area contributed by atoms with Crippen molar-refractivity contribution in [2.24, 2.45) is 0 Å². The predicted octanol–water partition coefficient (Wildman–Crippen LogP) is 0.567. The van der Waals surface area contributed by atoms with Crippen LogP contribution >= 0.6 is 0 Å². The molecule has 1 N–H and O–H groups in total. The summed E-state index contributed by atoms with van der Waals surface area (Å²) in [5.74, 6) is -1.11. The number of benzene rings is 1. The van der Waals surface area contributed by atoms with Gasteiger partial charge in [-0.05, 0) is 24.3 Å². The molecule has 0 aromatic heterocycles. The zero-order chi connectivity index (χ0) is 12.3. The van der Waals surface area contributed by atoms with Gasteiger partial charge in [0.25, 0.3) is 10.0 Å². The highest BCUT2D eigenvalue weighted by molar-refractivity contribution is 7.89. The van der Waals surface area contributed by atoms with E-state index in [-0.39, 0.29) is 10.5 Å². The summed E-state index contributed by atoms with van der Waals surface area (Å²) in [6.45, 7) is 0. The topological polar surface area (TPSA) is 83.9 Å². The number of carboxylic acid groups (broad SMARTS) is 1. The van der Waals surface area contributed by atoms with Crippen molar-refractivity contribution in [3.63, 3.8) is 0 Å². The maximum atomic E-state index is 11.7. The summed E-state index contributed by atoms with van der Waals surface area (Å²) in [6.07, 6.45) is 0. The molecule has 0 amide bonds. The van der Waals surface area contributed by atoms with Crippen molar-refractivity contribution in [2.75, 3.05) is 14.2 Å². The van der Waals surface area contributed by atoms with Gasteiger partial charge < -0.3 is 5.11 Å². The quantitative estimate of drug-likeness (QED) is 0.784. The number of sulfonamides is 1. The molecule has 0 saturated carbocycles. The Bertz CT molecular complexity index is 479. The first-order valence-electron chi connectivity index (χ1n) is 4.26. The van der Waals surface area contributed by atoms with Gasteiger partial charge in [-0.2, -0.15) is 0 Å². The Kier molecular flexibility index (Phi) is 3.63. The van der Waals surface area contributed by atoms with E-state index in [0.29, 0.717) is 4.47 Å². The lowest BCUT2D eigenvalue weighted by molar-refractivity contribution is -0.0258. The van der Waals surface area contributed by atoms with Gasteiger partial charge in [0.2, 0.25) is 0 Å². The Morgan fingerprint density at radius 2 is 1.81 bits per heavy atom. The molecule has 0 aliphatic carbocycles. The Hall–Kier alpha value is -1.44. The lowest BCUT2D eigenvalue weighted by Gasteiger charge is -2.13. The van der Waals surface area contributed by atoms with Crippen LogP contribution in [0.5, 0.6) is 0 Å². The van der Waals surface area contributed by atoms with Crippen molar-refractivity contribution in [1.29, 1.82) is 0 Å². The minimum atomic E-state index is -3.71. The van der Waals surface area contributed by atoms with Crippen LogP contribution in [0.4, 0.5) is 0 Å². The van der Waals surface area contributed by atoms with Crippen LogP contribution in [0, 0.1) is 0 Å². The molecular weight excluding hydrogens is 234 g/mol. The molecule has 0 unspecified atom stereocenters. The summed E-state index contributed by atoms with van der Waals surface area (Å²) in [5, 5.41) is 8.65. The monoisotopic (exact) mass is 245 g/mol. The first-order chi connectivity index (χ1) is 7.39. The van der Waals surface area contributed by atoms with Crippen LogP contribution in [0.3, 0.4) is 0 Å². The molecule has 1 rings (SSSR count). The largest absolute Gasteiger partial charge is 0.478 e. The molecule has 0 bridgehead atoms. The molecule has 16 heavy (non-hydrogen) atoms. The number of rotatable bonds is 4. The van der Waals surface area contributed by atoms with Gasteiger partial charge in [-0.3, -0.25) is 4.84 Å². The molecule has 1 aromatic rings. The fraction of sp³-hybridized carbons (Fsp3) is 0.222. The van der Waals surface area contributed by atoms with Crippen molar-refractivity contribution >= 4 is 16.0 Å². The number of hydrogen-bond acceptors (Lipinski definition) is 4. The van der Waals surface area contributed by atoms with Crippen LogP contribution in [0.2, 0.25) is 0 Å². The number of hydrogen-bond donors (Lipinski definition) is 1. The SMILES string of the molecule is CON(C)S(=O)(=O)c1ccc(C(=O)O)cc1. The Balaban J connectivity index is 3.12. The Labute approximate surface area is 93.1 Å². The van der Waals surface area contributed by atoms with Crippen LogP contribution in [0.15, 0.2) is 29.2 Å². The summed E-state index contributed by atoms with van der Waals surface area (Å²) in [5.41, 5.74) is 0.0269. The molecule has 0 atom stereocenters. The summed E-state index contributed by atoms with van der Waals surface area (Å²) in [7, 11) is -1.24. The van der Waals surface area contributed by atoms with Crippen LogP contribution < -0.4 is 0 Å². The molecule has 7 heteroatoms. The van der Waals surface area contributed by atoms with Gasteiger partial charge >= 0.3 is 5.97 Å². The highest BCUT2D eigenvalue weighted by Crippen LogP contribution is 2.14. The fourth-order valence-corrected chi connectivity index (χ4v) is 1.99. The van der Waals surface area contributed by atoms with E-state index < -0.39 is 16.0 Å². The van der Waals surface area contributed by atoms with E-state index in [1.54, 1.807) is 0 Å². The summed E-state index contributed by atoms with van der Waals surface area (Å²) >= 11 is 0. The fourth-order valence-electron chi connectivity index (χ4n) is 1.02. The first kappa shape index (κ1) is 12.6. The van der Waals surface area contributed by atoms with Crippen LogP contribution in [-0.2, 0) is 14.9 Å². The molecule has 88 valence electrons. The normalized spacial score (nSPS) is 11.7. The minimum absolute atomic E-state index is 0.0261. The number of carboxylic acids is 1. The third-order valence-corrected chi connectivity index (χ3v) is 3.69. The molecule has 0 radical (unpaired) electrons. The van der Waals surface area contributed by atoms with Crippen molar-refractivity contribution in [3.05, 3.63) is 29.8 Å². The third kappa shape index (κ3) is 2.38. The summed E-state index contributed by atoms with van der Waals surface area (Å²) in [6, 6.07) is 4.88. The van der Waals surface area contributed by atoms with E-state index in [1.807, 2.05) is 0 Å². The molecule has 0 heterocycles. The summed E-state index contributed by atoms with van der Waals surface area (Å²) in [4.78, 5) is 15.1. The van der Waals surface area contributed by atoms with E-state index >= 15 is 0 Å². The Morgan fingerprint density at radius 3 is 2.19 bits per heavy atom. The standard InChI is InChI=1S/C9H11NO5S/c1-10(15-2)16(13,14)8-5-3-7(4-6-8)9(11)12/h3-6H,1-2H3,(H,11,12). The maximum Gasteiger partial charge on any atom is 0.335 e. The van der Waals surface area contributed by atoms with Gasteiger partial charge in [0.1, 0.15) is 0 Å².